The number of rotatable bonds is 2. The van der Waals surface area contributed by atoms with Gasteiger partial charge in [0.1, 0.15) is 9.88 Å². The van der Waals surface area contributed by atoms with Gasteiger partial charge in [0.2, 0.25) is 0 Å². The van der Waals surface area contributed by atoms with E-state index in [0.717, 1.165) is 35.1 Å². The van der Waals surface area contributed by atoms with Gasteiger partial charge in [-0.1, -0.05) is 0 Å². The molecular weight excluding hydrogens is 234 g/mol. The van der Waals surface area contributed by atoms with Crippen LogP contribution in [0.5, 0.6) is 0 Å². The van der Waals surface area contributed by atoms with Crippen molar-refractivity contribution >= 4 is 17.2 Å². The lowest BCUT2D eigenvalue weighted by atomic mass is 10.0. The summed E-state index contributed by atoms with van der Waals surface area (Å²) in [6.07, 6.45) is 0.874. The second-order valence-electron chi connectivity index (χ2n) is 5.29. The molecule has 0 spiro atoms. The van der Waals surface area contributed by atoms with Crippen LogP contribution in [0, 0.1) is 0 Å². The Morgan fingerprint density at radius 1 is 1.47 bits per heavy atom. The topological polar surface area (TPSA) is 45.2 Å². The third-order valence-electron chi connectivity index (χ3n) is 2.89. The predicted molar refractivity (Wildman–Crippen MR) is 69.4 cm³/mol. The van der Waals surface area contributed by atoms with Gasteiger partial charge in [0.05, 0.1) is 5.69 Å². The number of amides is 1. The molecule has 5 heteroatoms. The van der Waals surface area contributed by atoms with Crippen molar-refractivity contribution in [3.63, 3.8) is 0 Å². The molecule has 1 aliphatic rings. The minimum atomic E-state index is -0.109. The van der Waals surface area contributed by atoms with Crippen LogP contribution < -0.4 is 5.32 Å². The van der Waals surface area contributed by atoms with Gasteiger partial charge in [-0.3, -0.25) is 4.79 Å². The van der Waals surface area contributed by atoms with Crippen molar-refractivity contribution in [2.24, 2.45) is 0 Å². The van der Waals surface area contributed by atoms with Crippen LogP contribution in [-0.2, 0) is 13.0 Å². The molecule has 94 valence electrons. The van der Waals surface area contributed by atoms with Gasteiger partial charge in [-0.2, -0.15) is 0 Å². The zero-order chi connectivity index (χ0) is 12.6. The van der Waals surface area contributed by atoms with Crippen molar-refractivity contribution in [3.05, 3.63) is 15.6 Å². The van der Waals surface area contributed by atoms with Crippen LogP contribution in [0.1, 0.15) is 41.1 Å². The molecule has 17 heavy (non-hydrogen) atoms. The average molecular weight is 253 g/mol. The molecule has 2 rings (SSSR count). The van der Waals surface area contributed by atoms with Crippen molar-refractivity contribution in [2.45, 2.75) is 39.3 Å². The van der Waals surface area contributed by atoms with Crippen molar-refractivity contribution in [1.82, 2.24) is 15.2 Å². The van der Waals surface area contributed by atoms with Gasteiger partial charge in [0.15, 0.2) is 0 Å². The van der Waals surface area contributed by atoms with Crippen LogP contribution in [0.15, 0.2) is 0 Å². The van der Waals surface area contributed by atoms with E-state index < -0.39 is 0 Å². The maximum absolute atomic E-state index is 12.4. The van der Waals surface area contributed by atoms with Gasteiger partial charge in [0.25, 0.3) is 5.91 Å². The average Bonchev–Trinajstić information content (AvgIpc) is 2.60. The molecule has 0 bridgehead atoms. The van der Waals surface area contributed by atoms with E-state index in [0.29, 0.717) is 0 Å². The first-order valence-corrected chi connectivity index (χ1v) is 6.70. The summed E-state index contributed by atoms with van der Waals surface area (Å²) in [5, 5.41) is 4.07. The third-order valence-corrected chi connectivity index (χ3v) is 3.98. The van der Waals surface area contributed by atoms with E-state index in [-0.39, 0.29) is 11.4 Å². The third kappa shape index (κ3) is 2.35. The summed E-state index contributed by atoms with van der Waals surface area (Å²) in [4.78, 5) is 19.6. The van der Waals surface area contributed by atoms with Crippen LogP contribution >= 0.6 is 11.3 Å². The second-order valence-corrected chi connectivity index (χ2v) is 6.37. The van der Waals surface area contributed by atoms with E-state index in [1.165, 1.54) is 11.3 Å². The summed E-state index contributed by atoms with van der Waals surface area (Å²) in [7, 11) is 1.89. The molecule has 0 radical (unpaired) electrons. The quantitative estimate of drug-likeness (QED) is 0.872. The number of fused-ring (bicyclic) bond motifs is 1. The van der Waals surface area contributed by atoms with Crippen LogP contribution in [0.25, 0.3) is 0 Å². The fraction of sp³-hybridized carbons (Fsp3) is 0.667. The summed E-state index contributed by atoms with van der Waals surface area (Å²) in [6, 6.07) is 0. The van der Waals surface area contributed by atoms with E-state index >= 15 is 0 Å². The standard InChI is InChI=1S/C12H19N3OS/c1-12(2,3)15-6-5-8-10(11(15)16)17-9(14-8)7-13-4/h13H,5-7H2,1-4H3. The Hall–Kier alpha value is -0.940. The van der Waals surface area contributed by atoms with Crippen molar-refractivity contribution < 1.29 is 4.79 Å². The molecule has 0 fully saturated rings. The maximum Gasteiger partial charge on any atom is 0.266 e. The minimum Gasteiger partial charge on any atom is -0.333 e. The fourth-order valence-corrected chi connectivity index (χ4v) is 3.12. The first-order valence-electron chi connectivity index (χ1n) is 5.88. The maximum atomic E-state index is 12.4. The highest BCUT2D eigenvalue weighted by Gasteiger charge is 2.34. The van der Waals surface area contributed by atoms with Crippen molar-refractivity contribution in [1.29, 1.82) is 0 Å². The smallest absolute Gasteiger partial charge is 0.266 e. The molecule has 0 unspecified atom stereocenters. The first kappa shape index (κ1) is 12.5. The minimum absolute atomic E-state index is 0.109. The SMILES string of the molecule is CNCc1nc2c(s1)C(=O)N(C(C)(C)C)CC2. The van der Waals surface area contributed by atoms with Crippen LogP contribution in [0.3, 0.4) is 0 Å². The van der Waals surface area contributed by atoms with E-state index in [1.54, 1.807) is 0 Å². The van der Waals surface area contributed by atoms with E-state index in [4.69, 9.17) is 0 Å². The molecule has 1 aromatic heterocycles. The number of hydrogen-bond donors (Lipinski definition) is 1. The normalized spacial score (nSPS) is 16.2. The first-order chi connectivity index (χ1) is 7.93. The highest BCUT2D eigenvalue weighted by Crippen LogP contribution is 2.29. The summed E-state index contributed by atoms with van der Waals surface area (Å²) >= 11 is 1.52. The molecule has 0 aliphatic carbocycles. The Labute approximate surface area is 106 Å². The van der Waals surface area contributed by atoms with Gasteiger partial charge in [-0.25, -0.2) is 4.98 Å². The second kappa shape index (κ2) is 4.38. The molecule has 1 amide bonds. The number of carbonyl (C=O) groups is 1. The van der Waals surface area contributed by atoms with Gasteiger partial charge >= 0.3 is 0 Å². The van der Waals surface area contributed by atoms with Gasteiger partial charge in [0, 0.05) is 25.0 Å². The van der Waals surface area contributed by atoms with Crippen LogP contribution in [0.4, 0.5) is 0 Å². The largest absolute Gasteiger partial charge is 0.333 e. The molecule has 1 N–H and O–H groups in total. The molecule has 0 aromatic carbocycles. The summed E-state index contributed by atoms with van der Waals surface area (Å²) in [5.74, 6) is 0.138. The Morgan fingerprint density at radius 2 is 2.18 bits per heavy atom. The Balaban J connectivity index is 2.29. The zero-order valence-electron chi connectivity index (χ0n) is 10.8. The molecule has 2 heterocycles. The van der Waals surface area contributed by atoms with Crippen molar-refractivity contribution in [2.75, 3.05) is 13.6 Å². The Morgan fingerprint density at radius 3 is 2.76 bits per heavy atom. The molecule has 0 atom stereocenters. The highest BCUT2D eigenvalue weighted by molar-refractivity contribution is 7.13. The van der Waals surface area contributed by atoms with Gasteiger partial charge in [-0.05, 0) is 27.8 Å². The molecular formula is C12H19N3OS. The summed E-state index contributed by atoms with van der Waals surface area (Å²) in [5.41, 5.74) is 0.868. The summed E-state index contributed by atoms with van der Waals surface area (Å²) < 4.78 is 0. The number of hydrogen-bond acceptors (Lipinski definition) is 4. The Kier molecular flexibility index (Phi) is 3.23. The van der Waals surface area contributed by atoms with E-state index in [1.807, 2.05) is 11.9 Å². The molecule has 0 saturated carbocycles. The van der Waals surface area contributed by atoms with Crippen molar-refractivity contribution in [3.8, 4) is 0 Å². The Bertz CT molecular complexity index is 433. The monoisotopic (exact) mass is 253 g/mol. The van der Waals surface area contributed by atoms with Crippen LogP contribution in [0.2, 0.25) is 0 Å². The predicted octanol–water partition coefficient (Wildman–Crippen LogP) is 1.66. The van der Waals surface area contributed by atoms with Gasteiger partial charge < -0.3 is 10.2 Å². The fourth-order valence-electron chi connectivity index (χ4n) is 2.05. The molecule has 0 saturated heterocycles. The number of carbonyl (C=O) groups excluding carboxylic acids is 1. The number of nitrogens with one attached hydrogen (secondary N) is 1. The lowest BCUT2D eigenvalue weighted by molar-refractivity contribution is 0.0566. The summed E-state index contributed by atoms with van der Waals surface area (Å²) in [6.45, 7) is 7.74. The lowest BCUT2D eigenvalue weighted by Gasteiger charge is -2.37. The lowest BCUT2D eigenvalue weighted by Crippen LogP contribution is -2.48. The van der Waals surface area contributed by atoms with E-state index in [9.17, 15) is 4.79 Å². The number of nitrogens with zero attached hydrogens (tertiary/aromatic N) is 2. The molecule has 1 aromatic rings. The van der Waals surface area contributed by atoms with E-state index in [2.05, 4.69) is 31.1 Å². The molecule has 4 nitrogen and oxygen atoms in total. The van der Waals surface area contributed by atoms with Crippen LogP contribution in [-0.4, -0.2) is 34.9 Å². The molecule has 1 aliphatic heterocycles. The zero-order valence-corrected chi connectivity index (χ0v) is 11.6. The number of thiazole rings is 1. The number of aromatic nitrogens is 1. The highest BCUT2D eigenvalue weighted by atomic mass is 32.1. The van der Waals surface area contributed by atoms with Gasteiger partial charge in [-0.15, -0.1) is 11.3 Å².